The van der Waals surface area contributed by atoms with Gasteiger partial charge >= 0.3 is 0 Å². The van der Waals surface area contributed by atoms with E-state index in [2.05, 4.69) is 20.9 Å². The second-order valence-corrected chi connectivity index (χ2v) is 3.47. The van der Waals surface area contributed by atoms with E-state index in [1.165, 1.54) is 0 Å². The minimum absolute atomic E-state index is 0.253. The van der Waals surface area contributed by atoms with E-state index in [-0.39, 0.29) is 6.10 Å². The molecule has 0 N–H and O–H groups in total. The average Bonchev–Trinajstić information content (AvgIpc) is 1.90. The normalized spacial score (nSPS) is 22.8. The molecule has 0 spiro atoms. The smallest absolute Gasteiger partial charge is 0.102 e. The van der Waals surface area contributed by atoms with E-state index < -0.39 is 0 Å². The molecule has 0 aromatic carbocycles. The molecule has 2 nitrogen and oxygen atoms in total. The highest BCUT2D eigenvalue weighted by Gasteiger charge is 2.20. The largest absolute Gasteiger partial charge is 0.372 e. The number of pyridine rings is 1. The lowest BCUT2D eigenvalue weighted by molar-refractivity contribution is -0.0552. The van der Waals surface area contributed by atoms with Crippen molar-refractivity contribution < 1.29 is 4.74 Å². The number of rotatable bonds is 1. The van der Waals surface area contributed by atoms with E-state index in [0.29, 0.717) is 0 Å². The maximum Gasteiger partial charge on any atom is 0.102 e. The molecule has 2 rings (SSSR count). The standard InChI is InChI=1S/C8H8BrNO/c9-6-1-2-7(10-5-6)8-3-4-11-8/h1-2,5,8H,3-4H2. The highest BCUT2D eigenvalue weighted by Crippen LogP contribution is 2.27. The molecule has 1 fully saturated rings. The Hall–Kier alpha value is -0.410. The van der Waals surface area contributed by atoms with Gasteiger partial charge in [0.15, 0.2) is 0 Å². The van der Waals surface area contributed by atoms with Crippen molar-refractivity contribution in [2.24, 2.45) is 0 Å². The van der Waals surface area contributed by atoms with Gasteiger partial charge in [-0.2, -0.15) is 0 Å². The lowest BCUT2D eigenvalue weighted by Gasteiger charge is -2.25. The van der Waals surface area contributed by atoms with Gasteiger partial charge in [-0.15, -0.1) is 0 Å². The lowest BCUT2D eigenvalue weighted by atomic mass is 10.1. The first-order valence-corrected chi connectivity index (χ1v) is 4.38. The zero-order valence-electron chi connectivity index (χ0n) is 5.96. The number of hydrogen-bond acceptors (Lipinski definition) is 2. The summed E-state index contributed by atoms with van der Waals surface area (Å²) in [6.45, 7) is 0.877. The summed E-state index contributed by atoms with van der Waals surface area (Å²) in [5, 5.41) is 0. The molecule has 0 saturated carbocycles. The van der Waals surface area contributed by atoms with Crippen LogP contribution in [0.4, 0.5) is 0 Å². The van der Waals surface area contributed by atoms with Gasteiger partial charge in [0.05, 0.1) is 12.3 Å². The van der Waals surface area contributed by atoms with Crippen molar-refractivity contribution in [3.05, 3.63) is 28.5 Å². The molecular formula is C8H8BrNO. The van der Waals surface area contributed by atoms with Crippen molar-refractivity contribution in [2.45, 2.75) is 12.5 Å². The number of halogens is 1. The summed E-state index contributed by atoms with van der Waals surface area (Å²) in [6, 6.07) is 3.98. The van der Waals surface area contributed by atoms with Gasteiger partial charge in [-0.3, -0.25) is 4.98 Å². The molecule has 1 aromatic rings. The van der Waals surface area contributed by atoms with Gasteiger partial charge in [0.2, 0.25) is 0 Å². The first-order chi connectivity index (χ1) is 5.36. The molecule has 1 saturated heterocycles. The zero-order chi connectivity index (χ0) is 7.68. The van der Waals surface area contributed by atoms with E-state index in [1.807, 2.05) is 12.1 Å². The minimum atomic E-state index is 0.253. The quantitative estimate of drug-likeness (QED) is 0.715. The first-order valence-electron chi connectivity index (χ1n) is 3.59. The Morgan fingerprint density at radius 1 is 1.55 bits per heavy atom. The van der Waals surface area contributed by atoms with Crippen LogP contribution in [0.5, 0.6) is 0 Å². The van der Waals surface area contributed by atoms with Crippen LogP contribution in [0.15, 0.2) is 22.8 Å². The fraction of sp³-hybridized carbons (Fsp3) is 0.375. The molecule has 1 aromatic heterocycles. The van der Waals surface area contributed by atoms with Gasteiger partial charge in [0, 0.05) is 17.1 Å². The maximum absolute atomic E-state index is 5.28. The molecule has 11 heavy (non-hydrogen) atoms. The molecule has 2 heterocycles. The lowest BCUT2D eigenvalue weighted by Crippen LogP contribution is -2.19. The molecule has 0 radical (unpaired) electrons. The maximum atomic E-state index is 5.28. The van der Waals surface area contributed by atoms with Crippen LogP contribution in [0, 0.1) is 0 Å². The van der Waals surface area contributed by atoms with Crippen molar-refractivity contribution in [3.8, 4) is 0 Å². The van der Waals surface area contributed by atoms with Crippen molar-refractivity contribution in [3.63, 3.8) is 0 Å². The summed E-state index contributed by atoms with van der Waals surface area (Å²) in [7, 11) is 0. The van der Waals surface area contributed by atoms with Gasteiger partial charge in [-0.1, -0.05) is 0 Å². The Morgan fingerprint density at radius 3 is 2.82 bits per heavy atom. The van der Waals surface area contributed by atoms with Crippen molar-refractivity contribution >= 4 is 15.9 Å². The zero-order valence-corrected chi connectivity index (χ0v) is 7.54. The average molecular weight is 214 g/mol. The molecular weight excluding hydrogens is 206 g/mol. The fourth-order valence-corrected chi connectivity index (χ4v) is 1.28. The van der Waals surface area contributed by atoms with Gasteiger partial charge in [-0.25, -0.2) is 0 Å². The van der Waals surface area contributed by atoms with E-state index in [1.54, 1.807) is 6.20 Å². The number of aromatic nitrogens is 1. The summed E-state index contributed by atoms with van der Waals surface area (Å²) in [4.78, 5) is 4.23. The molecule has 1 aliphatic heterocycles. The monoisotopic (exact) mass is 213 g/mol. The van der Waals surface area contributed by atoms with Crippen LogP contribution in [0.2, 0.25) is 0 Å². The van der Waals surface area contributed by atoms with Gasteiger partial charge in [-0.05, 0) is 28.1 Å². The van der Waals surface area contributed by atoms with Crippen LogP contribution in [0.1, 0.15) is 18.2 Å². The Morgan fingerprint density at radius 2 is 2.36 bits per heavy atom. The van der Waals surface area contributed by atoms with Crippen molar-refractivity contribution in [2.75, 3.05) is 6.61 Å². The number of hydrogen-bond donors (Lipinski definition) is 0. The molecule has 3 heteroatoms. The predicted octanol–water partition coefficient (Wildman–Crippen LogP) is 2.31. The number of ether oxygens (including phenoxy) is 1. The molecule has 1 atom stereocenters. The number of nitrogens with zero attached hydrogens (tertiary/aromatic N) is 1. The van der Waals surface area contributed by atoms with Crippen LogP contribution in [0.25, 0.3) is 0 Å². The van der Waals surface area contributed by atoms with Gasteiger partial charge < -0.3 is 4.74 Å². The highest BCUT2D eigenvalue weighted by molar-refractivity contribution is 9.10. The SMILES string of the molecule is Brc1ccc(C2CCO2)nc1. The van der Waals surface area contributed by atoms with Crippen LogP contribution in [-0.4, -0.2) is 11.6 Å². The third kappa shape index (κ3) is 1.44. The summed E-state index contributed by atoms with van der Waals surface area (Å²) < 4.78 is 6.29. The molecule has 0 amide bonds. The Kier molecular flexibility index (Phi) is 1.92. The summed E-state index contributed by atoms with van der Waals surface area (Å²) >= 11 is 3.33. The predicted molar refractivity (Wildman–Crippen MR) is 45.2 cm³/mol. The van der Waals surface area contributed by atoms with Crippen LogP contribution < -0.4 is 0 Å². The molecule has 0 aliphatic carbocycles. The second-order valence-electron chi connectivity index (χ2n) is 2.55. The molecule has 1 aliphatic rings. The summed E-state index contributed by atoms with van der Waals surface area (Å²) in [5.74, 6) is 0. The second kappa shape index (κ2) is 2.91. The Labute approximate surface area is 73.7 Å². The Balaban J connectivity index is 2.18. The minimum Gasteiger partial charge on any atom is -0.372 e. The fourth-order valence-electron chi connectivity index (χ4n) is 1.05. The van der Waals surface area contributed by atoms with Crippen molar-refractivity contribution in [1.82, 2.24) is 4.98 Å². The topological polar surface area (TPSA) is 22.1 Å². The van der Waals surface area contributed by atoms with E-state index >= 15 is 0 Å². The molecule has 58 valence electrons. The van der Waals surface area contributed by atoms with Gasteiger partial charge in [0.25, 0.3) is 0 Å². The van der Waals surface area contributed by atoms with Crippen LogP contribution >= 0.6 is 15.9 Å². The molecule has 1 unspecified atom stereocenters. The van der Waals surface area contributed by atoms with E-state index in [4.69, 9.17) is 4.74 Å². The third-order valence-corrected chi connectivity index (χ3v) is 2.25. The van der Waals surface area contributed by atoms with Crippen LogP contribution in [0.3, 0.4) is 0 Å². The van der Waals surface area contributed by atoms with Gasteiger partial charge in [0.1, 0.15) is 6.10 Å². The molecule has 0 bridgehead atoms. The summed E-state index contributed by atoms with van der Waals surface area (Å²) in [6.07, 6.45) is 3.16. The van der Waals surface area contributed by atoms with Crippen molar-refractivity contribution in [1.29, 1.82) is 0 Å². The van der Waals surface area contributed by atoms with E-state index in [9.17, 15) is 0 Å². The first kappa shape index (κ1) is 7.25. The van der Waals surface area contributed by atoms with E-state index in [0.717, 1.165) is 23.2 Å². The van der Waals surface area contributed by atoms with Crippen LogP contribution in [-0.2, 0) is 4.74 Å². The third-order valence-electron chi connectivity index (χ3n) is 1.78. The highest BCUT2D eigenvalue weighted by atomic mass is 79.9. The Bertz CT molecular complexity index is 243. The summed E-state index contributed by atoms with van der Waals surface area (Å²) in [5.41, 5.74) is 1.04.